The summed E-state index contributed by atoms with van der Waals surface area (Å²) in [5.41, 5.74) is 1.37. The second-order valence-electron chi connectivity index (χ2n) is 9.58. The zero-order valence-corrected chi connectivity index (χ0v) is 17.1. The van der Waals surface area contributed by atoms with Gasteiger partial charge in [0.2, 0.25) is 5.79 Å². The molecular formula is C23H32O5. The van der Waals surface area contributed by atoms with E-state index in [1.807, 2.05) is 0 Å². The number of hydrogen-bond donors (Lipinski definition) is 0. The molecule has 4 aliphatic carbocycles. The van der Waals surface area contributed by atoms with E-state index in [9.17, 15) is 9.59 Å². The molecule has 154 valence electrons. The summed E-state index contributed by atoms with van der Waals surface area (Å²) >= 11 is 0. The van der Waals surface area contributed by atoms with Crippen molar-refractivity contribution in [1.82, 2.24) is 0 Å². The summed E-state index contributed by atoms with van der Waals surface area (Å²) in [7, 11) is 0. The monoisotopic (exact) mass is 388 g/mol. The van der Waals surface area contributed by atoms with Crippen LogP contribution in [0, 0.1) is 29.1 Å². The first-order valence-corrected chi connectivity index (χ1v) is 11.2. The number of esters is 1. The fraction of sp³-hybridized carbons (Fsp3) is 0.826. The zero-order chi connectivity index (χ0) is 19.5. The van der Waals surface area contributed by atoms with Gasteiger partial charge < -0.3 is 14.2 Å². The van der Waals surface area contributed by atoms with E-state index in [0.717, 1.165) is 44.9 Å². The molecule has 3 saturated carbocycles. The van der Waals surface area contributed by atoms with Crippen LogP contribution in [0.4, 0.5) is 0 Å². The van der Waals surface area contributed by atoms with E-state index in [1.54, 1.807) is 0 Å². The Hall–Kier alpha value is -1.20. The van der Waals surface area contributed by atoms with Crippen LogP contribution >= 0.6 is 0 Å². The van der Waals surface area contributed by atoms with Crippen LogP contribution in [0.15, 0.2) is 11.6 Å². The second kappa shape index (κ2) is 6.66. The predicted molar refractivity (Wildman–Crippen MR) is 102 cm³/mol. The molecule has 5 heteroatoms. The van der Waals surface area contributed by atoms with Crippen molar-refractivity contribution in [1.29, 1.82) is 0 Å². The van der Waals surface area contributed by atoms with Gasteiger partial charge in [0.25, 0.3) is 0 Å². The number of allylic oxidation sites excluding steroid dienone is 1. The Bertz CT molecular complexity index is 706. The summed E-state index contributed by atoms with van der Waals surface area (Å²) < 4.78 is 17.8. The van der Waals surface area contributed by atoms with Crippen LogP contribution in [0.5, 0.6) is 0 Å². The maximum absolute atomic E-state index is 12.8. The number of ether oxygens (including phenoxy) is 3. The first-order chi connectivity index (χ1) is 13.5. The minimum absolute atomic E-state index is 0.0602. The highest BCUT2D eigenvalue weighted by molar-refractivity contribution is 5.87. The van der Waals surface area contributed by atoms with Gasteiger partial charge in [-0.3, -0.25) is 9.59 Å². The summed E-state index contributed by atoms with van der Waals surface area (Å²) in [4.78, 5) is 24.5. The first kappa shape index (κ1) is 18.8. The molecule has 0 amide bonds. The van der Waals surface area contributed by atoms with Gasteiger partial charge in [0, 0.05) is 25.2 Å². The highest BCUT2D eigenvalue weighted by atomic mass is 16.8. The van der Waals surface area contributed by atoms with E-state index >= 15 is 0 Å². The van der Waals surface area contributed by atoms with E-state index in [1.165, 1.54) is 12.5 Å². The molecule has 1 aliphatic heterocycles. The van der Waals surface area contributed by atoms with Gasteiger partial charge in [0.05, 0.1) is 13.2 Å². The van der Waals surface area contributed by atoms with Gasteiger partial charge in [-0.15, -0.1) is 0 Å². The lowest BCUT2D eigenvalue weighted by Crippen LogP contribution is -2.55. The molecule has 6 atom stereocenters. The molecule has 5 aliphatic rings. The number of ketones is 1. The smallest absolute Gasteiger partial charge is 0.303 e. The number of carbonyl (C=O) groups is 2. The Morgan fingerprint density at radius 2 is 2.04 bits per heavy atom. The summed E-state index contributed by atoms with van der Waals surface area (Å²) in [5.74, 6) is 1.60. The molecule has 5 nitrogen and oxygen atoms in total. The van der Waals surface area contributed by atoms with Crippen molar-refractivity contribution in [3.05, 3.63) is 11.6 Å². The first-order valence-electron chi connectivity index (χ1n) is 11.2. The van der Waals surface area contributed by atoms with Crippen molar-refractivity contribution in [2.75, 3.05) is 13.2 Å². The lowest BCUT2D eigenvalue weighted by atomic mass is 9.51. The number of Topliss-reactive ketones (excluding diaryl/α,β-unsaturated/α-hetero) is 1. The highest BCUT2D eigenvalue weighted by Gasteiger charge is 2.60. The fourth-order valence-corrected chi connectivity index (χ4v) is 7.53. The Kier molecular flexibility index (Phi) is 4.48. The molecule has 1 spiro atoms. The minimum Gasteiger partial charge on any atom is -0.457 e. The number of hydrogen-bond acceptors (Lipinski definition) is 5. The average Bonchev–Trinajstić information content (AvgIpc) is 3.27. The van der Waals surface area contributed by atoms with Crippen LogP contribution in [-0.2, 0) is 23.8 Å². The molecule has 1 saturated heterocycles. The van der Waals surface area contributed by atoms with Crippen molar-refractivity contribution in [2.45, 2.75) is 77.1 Å². The molecule has 28 heavy (non-hydrogen) atoms. The molecule has 0 aromatic carbocycles. The molecule has 0 radical (unpaired) electrons. The van der Waals surface area contributed by atoms with Crippen LogP contribution in [0.25, 0.3) is 0 Å². The van der Waals surface area contributed by atoms with Gasteiger partial charge in [-0.05, 0) is 62.2 Å². The topological polar surface area (TPSA) is 61.8 Å². The third kappa shape index (κ3) is 2.58. The summed E-state index contributed by atoms with van der Waals surface area (Å²) in [6.07, 6.45) is 9.61. The van der Waals surface area contributed by atoms with Crippen molar-refractivity contribution < 1.29 is 23.8 Å². The average molecular weight is 389 g/mol. The molecule has 0 aromatic rings. The highest BCUT2D eigenvalue weighted by Crippen LogP contribution is 2.62. The van der Waals surface area contributed by atoms with Crippen molar-refractivity contribution >= 4 is 11.8 Å². The van der Waals surface area contributed by atoms with Crippen LogP contribution in [-0.4, -0.2) is 36.9 Å². The van der Waals surface area contributed by atoms with E-state index in [0.29, 0.717) is 49.1 Å². The van der Waals surface area contributed by atoms with Crippen molar-refractivity contribution in [3.8, 4) is 0 Å². The molecule has 0 bridgehead atoms. The van der Waals surface area contributed by atoms with Crippen LogP contribution in [0.3, 0.4) is 0 Å². The van der Waals surface area contributed by atoms with Gasteiger partial charge in [0.1, 0.15) is 5.78 Å². The molecule has 1 heterocycles. The predicted octanol–water partition coefficient (Wildman–Crippen LogP) is 3.80. The molecule has 4 fully saturated rings. The van der Waals surface area contributed by atoms with Crippen LogP contribution in [0.2, 0.25) is 0 Å². The van der Waals surface area contributed by atoms with E-state index in [4.69, 9.17) is 14.2 Å². The number of fused-ring (bicyclic) bond motifs is 5. The van der Waals surface area contributed by atoms with E-state index < -0.39 is 5.79 Å². The summed E-state index contributed by atoms with van der Waals surface area (Å²) in [6, 6.07) is 0. The molecular weight excluding hydrogens is 356 g/mol. The van der Waals surface area contributed by atoms with Crippen molar-refractivity contribution in [2.24, 2.45) is 29.1 Å². The Morgan fingerprint density at radius 3 is 2.75 bits per heavy atom. The van der Waals surface area contributed by atoms with Gasteiger partial charge in [-0.25, -0.2) is 0 Å². The fourth-order valence-electron chi connectivity index (χ4n) is 7.53. The van der Waals surface area contributed by atoms with Gasteiger partial charge in [0.15, 0.2) is 6.10 Å². The number of rotatable bonds is 2. The third-order valence-electron chi connectivity index (χ3n) is 8.71. The van der Waals surface area contributed by atoms with E-state index in [-0.39, 0.29) is 17.5 Å². The molecule has 0 aromatic heterocycles. The third-order valence-corrected chi connectivity index (χ3v) is 8.71. The standard InChI is InChI=1S/C23H32O5/c1-3-22-9-8-16-17(19(22)6-7-20(22)25)5-4-15-13-23(26-10-11-27-23)21(12-18(15)16)28-14(2)24/h4,16-19,21H,3,5-13H2,1-2H3/t16-,17+,18-,19-,21?,22-/m0/s1. The molecule has 5 rings (SSSR count). The van der Waals surface area contributed by atoms with Gasteiger partial charge in [-0.1, -0.05) is 18.6 Å². The zero-order valence-electron chi connectivity index (χ0n) is 17.1. The Labute approximate surface area is 167 Å². The maximum atomic E-state index is 12.8. The minimum atomic E-state index is -0.786. The maximum Gasteiger partial charge on any atom is 0.303 e. The van der Waals surface area contributed by atoms with Crippen molar-refractivity contribution in [3.63, 3.8) is 0 Å². The SMILES string of the molecule is CC[C@]12CC[C@H]3[C@@H](CC=C4CC5(OCCO5)C(OC(C)=O)C[C@@H]43)[C@@H]1CCC2=O. The quantitative estimate of drug-likeness (QED) is 0.532. The van der Waals surface area contributed by atoms with Crippen LogP contribution in [0.1, 0.15) is 65.2 Å². The lowest BCUT2D eigenvalue weighted by Gasteiger charge is -2.54. The lowest BCUT2D eigenvalue weighted by molar-refractivity contribution is -0.245. The normalized spacial score (nSPS) is 43.9. The Morgan fingerprint density at radius 1 is 1.25 bits per heavy atom. The largest absolute Gasteiger partial charge is 0.457 e. The number of carbonyl (C=O) groups excluding carboxylic acids is 2. The van der Waals surface area contributed by atoms with Crippen LogP contribution < -0.4 is 0 Å². The second-order valence-corrected chi connectivity index (χ2v) is 9.58. The van der Waals surface area contributed by atoms with E-state index in [2.05, 4.69) is 13.0 Å². The molecule has 1 unspecified atom stereocenters. The van der Waals surface area contributed by atoms with Gasteiger partial charge in [-0.2, -0.15) is 0 Å². The summed E-state index contributed by atoms with van der Waals surface area (Å²) in [5, 5.41) is 0. The molecule has 0 N–H and O–H groups in total. The summed E-state index contributed by atoms with van der Waals surface area (Å²) in [6.45, 7) is 4.80. The Balaban J connectivity index is 1.45. The van der Waals surface area contributed by atoms with Gasteiger partial charge >= 0.3 is 5.97 Å².